The number of hydrogen-bond donors (Lipinski definition) is 1. The highest BCUT2D eigenvalue weighted by atomic mass is 32.2. The first kappa shape index (κ1) is 13.6. The Labute approximate surface area is 101 Å². The average Bonchev–Trinajstić information content (AvgIpc) is 2.66. The molecule has 0 fully saturated rings. The van der Waals surface area contributed by atoms with Gasteiger partial charge < -0.3 is 5.32 Å². The van der Waals surface area contributed by atoms with Crippen molar-refractivity contribution in [3.8, 4) is 0 Å². The molecule has 4 nitrogen and oxygen atoms in total. The Morgan fingerprint density at radius 2 is 2.19 bits per heavy atom. The summed E-state index contributed by atoms with van der Waals surface area (Å²) < 4.78 is 22.0. The van der Waals surface area contributed by atoms with E-state index in [1.54, 1.807) is 17.5 Å². The summed E-state index contributed by atoms with van der Waals surface area (Å²) in [6, 6.07) is 0.350. The van der Waals surface area contributed by atoms with Gasteiger partial charge in [0.25, 0.3) is 0 Å². The standard InChI is InChI=1S/C10H18N2O2S2/c1-8(4-7-16(3,13)14)12-9(2)10-11-5-6-15-10/h5-6,8-9,12H,4,7H2,1-3H3. The summed E-state index contributed by atoms with van der Waals surface area (Å²) in [5.74, 6) is 0.228. The van der Waals surface area contributed by atoms with Crippen LogP contribution in [-0.4, -0.2) is 31.5 Å². The second-order valence-corrected chi connectivity index (χ2v) is 7.26. The third kappa shape index (κ3) is 5.05. The minimum atomic E-state index is -2.86. The molecule has 1 aromatic heterocycles. The lowest BCUT2D eigenvalue weighted by atomic mass is 10.2. The average molecular weight is 262 g/mol. The maximum Gasteiger partial charge on any atom is 0.147 e. The second-order valence-electron chi connectivity index (χ2n) is 4.08. The summed E-state index contributed by atoms with van der Waals surface area (Å²) >= 11 is 1.60. The van der Waals surface area contributed by atoms with Crippen molar-refractivity contribution in [2.45, 2.75) is 32.4 Å². The van der Waals surface area contributed by atoms with Crippen LogP contribution in [0.3, 0.4) is 0 Å². The molecule has 6 heteroatoms. The van der Waals surface area contributed by atoms with Crippen LogP contribution >= 0.6 is 11.3 Å². The van der Waals surface area contributed by atoms with Gasteiger partial charge in [-0.1, -0.05) is 0 Å². The van der Waals surface area contributed by atoms with Gasteiger partial charge in [0.2, 0.25) is 0 Å². The van der Waals surface area contributed by atoms with Gasteiger partial charge in [0, 0.05) is 23.9 Å². The highest BCUT2D eigenvalue weighted by Crippen LogP contribution is 2.15. The molecule has 0 amide bonds. The fourth-order valence-corrected chi connectivity index (χ4v) is 2.86. The van der Waals surface area contributed by atoms with Gasteiger partial charge in [0.05, 0.1) is 11.8 Å². The Hall–Kier alpha value is -0.460. The van der Waals surface area contributed by atoms with Gasteiger partial charge in [-0.15, -0.1) is 11.3 Å². The molecule has 0 saturated heterocycles. The molecule has 1 N–H and O–H groups in total. The Bertz CT molecular complexity index is 400. The van der Waals surface area contributed by atoms with Crippen molar-refractivity contribution in [2.75, 3.05) is 12.0 Å². The molecule has 0 aromatic carbocycles. The van der Waals surface area contributed by atoms with Crippen molar-refractivity contribution in [2.24, 2.45) is 0 Å². The van der Waals surface area contributed by atoms with E-state index >= 15 is 0 Å². The van der Waals surface area contributed by atoms with E-state index in [1.807, 2.05) is 19.2 Å². The number of nitrogens with zero attached hydrogens (tertiary/aromatic N) is 1. The first-order valence-corrected chi connectivity index (χ1v) is 8.15. The number of sulfone groups is 1. The van der Waals surface area contributed by atoms with Gasteiger partial charge in [-0.3, -0.25) is 0 Å². The SMILES string of the molecule is CC(CCS(C)(=O)=O)NC(C)c1nccs1. The second kappa shape index (κ2) is 5.75. The van der Waals surface area contributed by atoms with Crippen LogP contribution in [0.15, 0.2) is 11.6 Å². The highest BCUT2D eigenvalue weighted by Gasteiger charge is 2.13. The van der Waals surface area contributed by atoms with E-state index in [4.69, 9.17) is 0 Å². The molecule has 1 heterocycles. The summed E-state index contributed by atoms with van der Waals surface area (Å²) in [6.45, 7) is 4.03. The molecule has 0 radical (unpaired) electrons. The highest BCUT2D eigenvalue weighted by molar-refractivity contribution is 7.90. The molecule has 0 aliphatic carbocycles. The molecule has 1 rings (SSSR count). The van der Waals surface area contributed by atoms with Crippen LogP contribution in [-0.2, 0) is 9.84 Å². The van der Waals surface area contributed by atoms with Crippen molar-refractivity contribution in [3.63, 3.8) is 0 Å². The predicted octanol–water partition coefficient (Wildman–Crippen LogP) is 1.62. The largest absolute Gasteiger partial charge is 0.306 e. The third-order valence-electron chi connectivity index (χ3n) is 2.28. The topological polar surface area (TPSA) is 59.1 Å². The fraction of sp³-hybridized carbons (Fsp3) is 0.700. The summed E-state index contributed by atoms with van der Waals surface area (Å²) in [6.07, 6.45) is 3.68. The molecular weight excluding hydrogens is 244 g/mol. The van der Waals surface area contributed by atoms with E-state index < -0.39 is 9.84 Å². The molecule has 0 aliphatic heterocycles. The van der Waals surface area contributed by atoms with Gasteiger partial charge >= 0.3 is 0 Å². The van der Waals surface area contributed by atoms with Crippen molar-refractivity contribution in [3.05, 3.63) is 16.6 Å². The molecule has 0 saturated carbocycles. The van der Waals surface area contributed by atoms with Crippen molar-refractivity contribution in [1.82, 2.24) is 10.3 Å². The van der Waals surface area contributed by atoms with Crippen molar-refractivity contribution >= 4 is 21.2 Å². The van der Waals surface area contributed by atoms with Crippen LogP contribution in [0.2, 0.25) is 0 Å². The minimum absolute atomic E-state index is 0.175. The monoisotopic (exact) mass is 262 g/mol. The third-order valence-corrected chi connectivity index (χ3v) is 4.21. The number of aromatic nitrogens is 1. The molecular formula is C10H18N2O2S2. The van der Waals surface area contributed by atoms with Crippen LogP contribution in [0.1, 0.15) is 31.3 Å². The summed E-state index contributed by atoms with van der Waals surface area (Å²) in [5, 5.41) is 6.31. The van der Waals surface area contributed by atoms with E-state index in [1.165, 1.54) is 6.26 Å². The maximum atomic E-state index is 11.0. The molecule has 2 unspecified atom stereocenters. The smallest absolute Gasteiger partial charge is 0.147 e. The quantitative estimate of drug-likeness (QED) is 0.846. The maximum absolute atomic E-state index is 11.0. The van der Waals surface area contributed by atoms with E-state index in [0.717, 1.165) is 5.01 Å². The van der Waals surface area contributed by atoms with Crippen LogP contribution in [0.5, 0.6) is 0 Å². The molecule has 2 atom stereocenters. The van der Waals surface area contributed by atoms with Crippen LogP contribution in [0, 0.1) is 0 Å². The first-order chi connectivity index (χ1) is 7.38. The Kier molecular flexibility index (Phi) is 4.89. The zero-order valence-corrected chi connectivity index (χ0v) is 11.4. The van der Waals surface area contributed by atoms with Crippen LogP contribution < -0.4 is 5.32 Å². The Morgan fingerprint density at radius 3 is 2.69 bits per heavy atom. The van der Waals surface area contributed by atoms with Crippen molar-refractivity contribution in [1.29, 1.82) is 0 Å². The van der Waals surface area contributed by atoms with Crippen LogP contribution in [0.25, 0.3) is 0 Å². The summed E-state index contributed by atoms with van der Waals surface area (Å²) in [4.78, 5) is 4.22. The summed E-state index contributed by atoms with van der Waals surface area (Å²) in [7, 11) is -2.86. The van der Waals surface area contributed by atoms with E-state index in [0.29, 0.717) is 6.42 Å². The van der Waals surface area contributed by atoms with Gasteiger partial charge in [-0.25, -0.2) is 13.4 Å². The lowest BCUT2D eigenvalue weighted by molar-refractivity contribution is 0.466. The molecule has 92 valence electrons. The normalized spacial score (nSPS) is 15.9. The molecule has 16 heavy (non-hydrogen) atoms. The van der Waals surface area contributed by atoms with Gasteiger partial charge in [0.15, 0.2) is 0 Å². The predicted molar refractivity (Wildman–Crippen MR) is 67.5 cm³/mol. The van der Waals surface area contributed by atoms with Gasteiger partial charge in [0.1, 0.15) is 14.8 Å². The van der Waals surface area contributed by atoms with E-state index in [2.05, 4.69) is 10.3 Å². The lowest BCUT2D eigenvalue weighted by Gasteiger charge is -2.17. The number of thiazole rings is 1. The molecule has 0 spiro atoms. The van der Waals surface area contributed by atoms with E-state index in [9.17, 15) is 8.42 Å². The Morgan fingerprint density at radius 1 is 1.50 bits per heavy atom. The van der Waals surface area contributed by atoms with Gasteiger partial charge in [-0.05, 0) is 20.3 Å². The van der Waals surface area contributed by atoms with Crippen LogP contribution in [0.4, 0.5) is 0 Å². The first-order valence-electron chi connectivity index (χ1n) is 5.21. The van der Waals surface area contributed by atoms with E-state index in [-0.39, 0.29) is 17.8 Å². The number of hydrogen-bond acceptors (Lipinski definition) is 5. The zero-order valence-electron chi connectivity index (χ0n) is 9.80. The number of rotatable bonds is 6. The molecule has 1 aromatic rings. The number of nitrogens with one attached hydrogen (secondary N) is 1. The summed E-state index contributed by atoms with van der Waals surface area (Å²) in [5.41, 5.74) is 0. The molecule has 0 aliphatic rings. The fourth-order valence-electron chi connectivity index (χ4n) is 1.42. The van der Waals surface area contributed by atoms with Gasteiger partial charge in [-0.2, -0.15) is 0 Å². The lowest BCUT2D eigenvalue weighted by Crippen LogP contribution is -2.30. The minimum Gasteiger partial charge on any atom is -0.306 e. The Balaban J connectivity index is 2.37. The molecule has 0 bridgehead atoms. The van der Waals surface area contributed by atoms with Crippen molar-refractivity contribution < 1.29 is 8.42 Å². The zero-order chi connectivity index (χ0) is 12.2.